The molecular weight excluding hydrogens is 352 g/mol. The van der Waals surface area contributed by atoms with Gasteiger partial charge in [0.2, 0.25) is 5.88 Å². The summed E-state index contributed by atoms with van der Waals surface area (Å²) in [5, 5.41) is 0. The molecule has 0 N–H and O–H groups in total. The van der Waals surface area contributed by atoms with Crippen LogP contribution in [0.2, 0.25) is 0 Å². The van der Waals surface area contributed by atoms with Gasteiger partial charge in [0, 0.05) is 11.6 Å². The SMILES string of the molecule is COC(=O)c1cc(C2CCCC2(C)C)c(-c2cc(OC)ncc2F)cc1F. The first kappa shape index (κ1) is 19.3. The van der Waals surface area contributed by atoms with Crippen molar-refractivity contribution >= 4 is 5.97 Å². The summed E-state index contributed by atoms with van der Waals surface area (Å²) < 4.78 is 39.1. The Morgan fingerprint density at radius 2 is 1.89 bits per heavy atom. The number of halogens is 2. The lowest BCUT2D eigenvalue weighted by Crippen LogP contribution is -2.18. The second-order valence-electron chi connectivity index (χ2n) is 7.55. The zero-order valence-electron chi connectivity index (χ0n) is 15.9. The van der Waals surface area contributed by atoms with Gasteiger partial charge in [0.05, 0.1) is 26.0 Å². The number of hydrogen-bond donors (Lipinski definition) is 0. The van der Waals surface area contributed by atoms with Crippen molar-refractivity contribution < 1.29 is 23.0 Å². The van der Waals surface area contributed by atoms with Crippen LogP contribution in [0.1, 0.15) is 54.9 Å². The molecule has 3 rings (SSSR count). The minimum Gasteiger partial charge on any atom is -0.481 e. The molecule has 1 aliphatic rings. The largest absolute Gasteiger partial charge is 0.481 e. The van der Waals surface area contributed by atoms with E-state index in [0.29, 0.717) is 5.56 Å². The van der Waals surface area contributed by atoms with Gasteiger partial charge < -0.3 is 9.47 Å². The monoisotopic (exact) mass is 375 g/mol. The van der Waals surface area contributed by atoms with Crippen molar-refractivity contribution in [2.24, 2.45) is 5.41 Å². The number of ether oxygens (including phenoxy) is 2. The lowest BCUT2D eigenvalue weighted by atomic mass is 9.75. The average Bonchev–Trinajstić information content (AvgIpc) is 3.00. The fraction of sp³-hybridized carbons (Fsp3) is 0.429. The Labute approximate surface area is 157 Å². The van der Waals surface area contributed by atoms with Crippen LogP contribution in [0.25, 0.3) is 11.1 Å². The molecule has 1 aliphatic carbocycles. The number of pyridine rings is 1. The Balaban J connectivity index is 2.27. The molecule has 0 spiro atoms. The van der Waals surface area contributed by atoms with Gasteiger partial charge in [-0.2, -0.15) is 0 Å². The van der Waals surface area contributed by atoms with Gasteiger partial charge in [-0.05, 0) is 47.4 Å². The number of carbonyl (C=O) groups is 1. The van der Waals surface area contributed by atoms with Gasteiger partial charge in [0.15, 0.2) is 0 Å². The molecule has 144 valence electrons. The average molecular weight is 375 g/mol. The van der Waals surface area contributed by atoms with Crippen LogP contribution in [0, 0.1) is 17.0 Å². The van der Waals surface area contributed by atoms with Gasteiger partial charge >= 0.3 is 5.97 Å². The molecule has 0 radical (unpaired) electrons. The highest BCUT2D eigenvalue weighted by Gasteiger charge is 2.38. The molecule has 1 saturated carbocycles. The molecule has 1 aromatic carbocycles. The van der Waals surface area contributed by atoms with Gasteiger partial charge in [-0.25, -0.2) is 18.6 Å². The zero-order chi connectivity index (χ0) is 19.8. The lowest BCUT2D eigenvalue weighted by Gasteiger charge is -2.29. The van der Waals surface area contributed by atoms with E-state index in [-0.39, 0.29) is 28.3 Å². The summed E-state index contributed by atoms with van der Waals surface area (Å²) in [6, 6.07) is 4.18. The molecule has 0 amide bonds. The van der Waals surface area contributed by atoms with E-state index < -0.39 is 17.6 Å². The number of hydrogen-bond acceptors (Lipinski definition) is 4. The number of nitrogens with zero attached hydrogens (tertiary/aromatic N) is 1. The number of esters is 1. The van der Waals surface area contributed by atoms with Crippen LogP contribution in [-0.4, -0.2) is 25.2 Å². The first-order chi connectivity index (χ1) is 12.8. The normalized spacial score (nSPS) is 18.4. The van der Waals surface area contributed by atoms with Crippen molar-refractivity contribution in [3.05, 3.63) is 47.2 Å². The minimum atomic E-state index is -0.746. The van der Waals surface area contributed by atoms with E-state index in [9.17, 15) is 13.6 Å². The molecule has 1 unspecified atom stereocenters. The van der Waals surface area contributed by atoms with Crippen LogP contribution < -0.4 is 4.74 Å². The summed E-state index contributed by atoms with van der Waals surface area (Å²) in [5.41, 5.74) is 1.17. The second-order valence-corrected chi connectivity index (χ2v) is 7.55. The summed E-state index contributed by atoms with van der Waals surface area (Å²) in [4.78, 5) is 15.9. The van der Waals surface area contributed by atoms with Crippen molar-refractivity contribution in [1.82, 2.24) is 4.98 Å². The number of carbonyl (C=O) groups excluding carboxylic acids is 1. The summed E-state index contributed by atoms with van der Waals surface area (Å²) in [6.45, 7) is 4.28. The quantitative estimate of drug-likeness (QED) is 0.696. The smallest absolute Gasteiger partial charge is 0.340 e. The summed E-state index contributed by atoms with van der Waals surface area (Å²) in [5.74, 6) is -1.76. The highest BCUT2D eigenvalue weighted by Crippen LogP contribution is 2.51. The molecule has 1 aromatic heterocycles. The van der Waals surface area contributed by atoms with Crippen molar-refractivity contribution in [3.63, 3.8) is 0 Å². The Kier molecular flexibility index (Phi) is 5.18. The number of methoxy groups -OCH3 is 2. The van der Waals surface area contributed by atoms with Crippen LogP contribution in [0.3, 0.4) is 0 Å². The second kappa shape index (κ2) is 7.25. The van der Waals surface area contributed by atoms with Gasteiger partial charge in [0.25, 0.3) is 0 Å². The molecule has 1 heterocycles. The molecule has 0 saturated heterocycles. The van der Waals surface area contributed by atoms with Crippen LogP contribution in [-0.2, 0) is 4.74 Å². The fourth-order valence-corrected chi connectivity index (χ4v) is 4.02. The van der Waals surface area contributed by atoms with E-state index in [1.165, 1.54) is 32.4 Å². The highest BCUT2D eigenvalue weighted by atomic mass is 19.1. The predicted octanol–water partition coefficient (Wildman–Crippen LogP) is 5.12. The van der Waals surface area contributed by atoms with Crippen LogP contribution in [0.15, 0.2) is 24.4 Å². The standard InChI is InChI=1S/C21H23F2NO3/c1-21(2)7-5-6-16(21)13-8-15(20(25)27-4)17(22)9-12(13)14-10-19(26-3)24-11-18(14)23/h8-11,16H,5-7H2,1-4H3. The van der Waals surface area contributed by atoms with Crippen molar-refractivity contribution in [1.29, 1.82) is 0 Å². The highest BCUT2D eigenvalue weighted by molar-refractivity contribution is 5.91. The van der Waals surface area contributed by atoms with Gasteiger partial charge in [-0.15, -0.1) is 0 Å². The maximum atomic E-state index is 14.7. The Bertz CT molecular complexity index is 880. The fourth-order valence-electron chi connectivity index (χ4n) is 4.02. The predicted molar refractivity (Wildman–Crippen MR) is 97.9 cm³/mol. The van der Waals surface area contributed by atoms with E-state index in [0.717, 1.165) is 31.0 Å². The topological polar surface area (TPSA) is 48.4 Å². The maximum Gasteiger partial charge on any atom is 0.340 e. The zero-order valence-corrected chi connectivity index (χ0v) is 15.9. The van der Waals surface area contributed by atoms with Crippen molar-refractivity contribution in [3.8, 4) is 17.0 Å². The molecule has 4 nitrogen and oxygen atoms in total. The Morgan fingerprint density at radius 3 is 2.48 bits per heavy atom. The summed E-state index contributed by atoms with van der Waals surface area (Å²) in [6.07, 6.45) is 3.97. The van der Waals surface area contributed by atoms with E-state index in [1.54, 1.807) is 0 Å². The van der Waals surface area contributed by atoms with E-state index in [1.807, 2.05) is 0 Å². The maximum absolute atomic E-state index is 14.7. The van der Waals surface area contributed by atoms with E-state index in [4.69, 9.17) is 9.47 Å². The molecule has 27 heavy (non-hydrogen) atoms. The first-order valence-electron chi connectivity index (χ1n) is 8.90. The van der Waals surface area contributed by atoms with E-state index >= 15 is 0 Å². The first-order valence-corrected chi connectivity index (χ1v) is 8.90. The van der Waals surface area contributed by atoms with Gasteiger partial charge in [-0.1, -0.05) is 20.3 Å². The third-order valence-corrected chi connectivity index (χ3v) is 5.51. The summed E-state index contributed by atoms with van der Waals surface area (Å²) in [7, 11) is 2.65. The molecule has 1 atom stereocenters. The number of aromatic nitrogens is 1. The third kappa shape index (κ3) is 3.53. The lowest BCUT2D eigenvalue weighted by molar-refractivity contribution is 0.0595. The molecular formula is C21H23F2NO3. The van der Waals surface area contributed by atoms with Crippen molar-refractivity contribution in [2.75, 3.05) is 14.2 Å². The Hall–Kier alpha value is -2.50. The Morgan fingerprint density at radius 1 is 1.15 bits per heavy atom. The third-order valence-electron chi connectivity index (χ3n) is 5.51. The van der Waals surface area contributed by atoms with Crippen LogP contribution >= 0.6 is 0 Å². The van der Waals surface area contributed by atoms with Crippen LogP contribution in [0.5, 0.6) is 5.88 Å². The number of benzene rings is 1. The summed E-state index contributed by atoms with van der Waals surface area (Å²) >= 11 is 0. The molecule has 1 fully saturated rings. The molecule has 2 aromatic rings. The molecule has 0 bridgehead atoms. The van der Waals surface area contributed by atoms with Gasteiger partial charge in [0.1, 0.15) is 11.6 Å². The van der Waals surface area contributed by atoms with Gasteiger partial charge in [-0.3, -0.25) is 0 Å². The van der Waals surface area contributed by atoms with Crippen molar-refractivity contribution in [2.45, 2.75) is 39.0 Å². The molecule has 0 aliphatic heterocycles. The van der Waals surface area contributed by atoms with E-state index in [2.05, 4.69) is 18.8 Å². The van der Waals surface area contributed by atoms with Crippen LogP contribution in [0.4, 0.5) is 8.78 Å². The minimum absolute atomic E-state index is 0.0481. The molecule has 6 heteroatoms. The number of rotatable bonds is 4.